The molecule has 0 amide bonds. The molecular weight excluding hydrogens is 554 g/mol. The van der Waals surface area contributed by atoms with Crippen molar-refractivity contribution in [1.82, 2.24) is 14.5 Å². The van der Waals surface area contributed by atoms with Crippen LogP contribution in [0.25, 0.3) is 94.1 Å². The molecule has 5 nitrogen and oxygen atoms in total. The molecule has 0 aliphatic rings. The van der Waals surface area contributed by atoms with E-state index in [2.05, 4.69) is 95.6 Å². The van der Waals surface area contributed by atoms with Gasteiger partial charge in [-0.25, -0.2) is 4.98 Å². The summed E-state index contributed by atoms with van der Waals surface area (Å²) in [7, 11) is 0. The van der Waals surface area contributed by atoms with Crippen LogP contribution >= 0.6 is 0 Å². The maximum atomic E-state index is 6.25. The second-order valence-electron chi connectivity index (χ2n) is 11.4. The number of nitrogens with zero attached hydrogens (tertiary/aromatic N) is 3. The first-order valence-corrected chi connectivity index (χ1v) is 15.0. The van der Waals surface area contributed by atoms with Crippen LogP contribution in [0.3, 0.4) is 0 Å². The molecule has 0 spiro atoms. The standard InChI is InChI=1S/C40H23N3O2/c1-2-10-24(11-3-1)38-37-29-14-6-9-17-35(29)45-40(37)42-39(41-38)25-18-20-26(21-19-25)43-32-15-7-4-12-27(32)30-23-36-31(22-33(30)43)28-13-5-8-16-34(28)44-36/h1-23H. The van der Waals surface area contributed by atoms with E-state index < -0.39 is 0 Å². The summed E-state index contributed by atoms with van der Waals surface area (Å²) in [6.45, 7) is 0. The van der Waals surface area contributed by atoms with E-state index in [9.17, 15) is 0 Å². The second kappa shape index (κ2) is 9.15. The number of fused-ring (bicyclic) bond motifs is 9. The summed E-state index contributed by atoms with van der Waals surface area (Å²) < 4.78 is 14.8. The number of furan rings is 2. The Labute approximate surface area is 256 Å². The number of hydrogen-bond acceptors (Lipinski definition) is 4. The molecule has 5 heteroatoms. The lowest BCUT2D eigenvalue weighted by Gasteiger charge is -2.10. The summed E-state index contributed by atoms with van der Waals surface area (Å²) in [5.74, 6) is 0.626. The predicted octanol–water partition coefficient (Wildman–Crippen LogP) is 10.7. The monoisotopic (exact) mass is 577 g/mol. The molecule has 0 fully saturated rings. The van der Waals surface area contributed by atoms with Crippen LogP contribution in [0.4, 0.5) is 0 Å². The third-order valence-electron chi connectivity index (χ3n) is 8.84. The Kier molecular flexibility index (Phi) is 4.93. The quantitative estimate of drug-likeness (QED) is 0.210. The fourth-order valence-electron chi connectivity index (χ4n) is 6.78. The number of para-hydroxylation sites is 3. The first kappa shape index (κ1) is 24.3. The fourth-order valence-corrected chi connectivity index (χ4v) is 6.78. The lowest BCUT2D eigenvalue weighted by molar-refractivity contribution is 0.653. The van der Waals surface area contributed by atoms with Gasteiger partial charge in [0.1, 0.15) is 16.7 Å². The highest BCUT2D eigenvalue weighted by molar-refractivity contribution is 6.17. The highest BCUT2D eigenvalue weighted by Gasteiger charge is 2.19. The van der Waals surface area contributed by atoms with Gasteiger partial charge in [-0.2, -0.15) is 4.98 Å². The van der Waals surface area contributed by atoms with Crippen molar-refractivity contribution in [3.63, 3.8) is 0 Å². The van der Waals surface area contributed by atoms with Crippen LogP contribution in [0.5, 0.6) is 0 Å². The van der Waals surface area contributed by atoms with Gasteiger partial charge in [-0.05, 0) is 54.6 Å². The Balaban J connectivity index is 1.17. The van der Waals surface area contributed by atoms with Crippen molar-refractivity contribution >= 4 is 65.8 Å². The topological polar surface area (TPSA) is 57.0 Å². The molecule has 0 unspecified atom stereocenters. The van der Waals surface area contributed by atoms with Crippen molar-refractivity contribution in [3.05, 3.63) is 140 Å². The van der Waals surface area contributed by atoms with Crippen molar-refractivity contribution < 1.29 is 8.83 Å². The van der Waals surface area contributed by atoms with Gasteiger partial charge in [-0.15, -0.1) is 0 Å². The number of aromatic nitrogens is 3. The molecule has 10 rings (SSSR count). The van der Waals surface area contributed by atoms with Gasteiger partial charge < -0.3 is 13.4 Å². The van der Waals surface area contributed by atoms with Gasteiger partial charge >= 0.3 is 0 Å². The van der Waals surface area contributed by atoms with E-state index in [1.165, 1.54) is 5.39 Å². The van der Waals surface area contributed by atoms with Crippen molar-refractivity contribution in [2.75, 3.05) is 0 Å². The Morgan fingerprint density at radius 2 is 1.13 bits per heavy atom. The number of hydrogen-bond donors (Lipinski definition) is 0. The largest absolute Gasteiger partial charge is 0.456 e. The zero-order valence-electron chi connectivity index (χ0n) is 23.9. The zero-order valence-corrected chi connectivity index (χ0v) is 23.9. The van der Waals surface area contributed by atoms with Gasteiger partial charge in [0.15, 0.2) is 5.82 Å². The van der Waals surface area contributed by atoms with Crippen molar-refractivity contribution in [1.29, 1.82) is 0 Å². The molecule has 0 atom stereocenters. The molecular formula is C40H23N3O2. The van der Waals surface area contributed by atoms with Gasteiger partial charge in [-0.3, -0.25) is 0 Å². The molecule has 45 heavy (non-hydrogen) atoms. The van der Waals surface area contributed by atoms with Crippen LogP contribution in [-0.2, 0) is 0 Å². The molecule has 0 bridgehead atoms. The molecule has 6 aromatic carbocycles. The maximum Gasteiger partial charge on any atom is 0.231 e. The van der Waals surface area contributed by atoms with Crippen molar-refractivity contribution in [2.24, 2.45) is 0 Å². The van der Waals surface area contributed by atoms with E-state index >= 15 is 0 Å². The van der Waals surface area contributed by atoms with E-state index in [0.717, 1.165) is 77.2 Å². The summed E-state index contributed by atoms with van der Waals surface area (Å²) >= 11 is 0. The van der Waals surface area contributed by atoms with Crippen LogP contribution in [-0.4, -0.2) is 14.5 Å². The van der Waals surface area contributed by atoms with Crippen LogP contribution in [0.15, 0.2) is 148 Å². The van der Waals surface area contributed by atoms with E-state index in [1.54, 1.807) is 0 Å². The Morgan fingerprint density at radius 3 is 1.96 bits per heavy atom. The summed E-state index contributed by atoms with van der Waals surface area (Å²) in [5.41, 5.74) is 9.33. The highest BCUT2D eigenvalue weighted by atomic mass is 16.3. The minimum absolute atomic E-state index is 0.586. The molecule has 4 aromatic heterocycles. The molecule has 210 valence electrons. The van der Waals surface area contributed by atoms with Crippen molar-refractivity contribution in [3.8, 4) is 28.3 Å². The fraction of sp³-hybridized carbons (Fsp3) is 0. The normalized spacial score (nSPS) is 12.0. The van der Waals surface area contributed by atoms with E-state index in [-0.39, 0.29) is 0 Å². The van der Waals surface area contributed by atoms with Crippen LogP contribution in [0.2, 0.25) is 0 Å². The van der Waals surface area contributed by atoms with E-state index in [0.29, 0.717) is 11.5 Å². The van der Waals surface area contributed by atoms with Gasteiger partial charge in [0, 0.05) is 43.7 Å². The second-order valence-corrected chi connectivity index (χ2v) is 11.4. The van der Waals surface area contributed by atoms with Crippen molar-refractivity contribution in [2.45, 2.75) is 0 Å². The van der Waals surface area contributed by atoms with Crippen LogP contribution < -0.4 is 0 Å². The Bertz CT molecular complexity index is 2750. The Hall–Kier alpha value is -6.20. The van der Waals surface area contributed by atoms with E-state index in [1.807, 2.05) is 48.5 Å². The van der Waals surface area contributed by atoms with Gasteiger partial charge in [0.2, 0.25) is 5.71 Å². The third kappa shape index (κ3) is 3.55. The molecule has 0 radical (unpaired) electrons. The molecule has 0 N–H and O–H groups in total. The zero-order chi connectivity index (χ0) is 29.5. The molecule has 0 saturated carbocycles. The summed E-state index contributed by atoms with van der Waals surface area (Å²) in [4.78, 5) is 10.0. The first-order chi connectivity index (χ1) is 22.3. The average molecular weight is 578 g/mol. The molecule has 0 aliphatic heterocycles. The third-order valence-corrected chi connectivity index (χ3v) is 8.84. The molecule has 10 aromatic rings. The summed E-state index contributed by atoms with van der Waals surface area (Å²) in [5, 5.41) is 6.52. The van der Waals surface area contributed by atoms with Gasteiger partial charge in [0.05, 0.1) is 22.1 Å². The minimum atomic E-state index is 0.586. The lowest BCUT2D eigenvalue weighted by Crippen LogP contribution is -1.96. The average Bonchev–Trinajstić information content (AvgIpc) is 3.76. The van der Waals surface area contributed by atoms with Crippen LogP contribution in [0.1, 0.15) is 0 Å². The lowest BCUT2D eigenvalue weighted by atomic mass is 10.1. The number of benzene rings is 6. The van der Waals surface area contributed by atoms with Gasteiger partial charge in [0.25, 0.3) is 0 Å². The Morgan fingerprint density at radius 1 is 0.444 bits per heavy atom. The molecule has 0 aliphatic carbocycles. The molecule has 0 saturated heterocycles. The SMILES string of the molecule is c1ccc(-c2nc(-c3ccc(-n4c5ccccc5c5cc6oc7ccccc7c6cc54)cc3)nc3oc4ccccc4c23)cc1. The number of rotatable bonds is 3. The maximum absolute atomic E-state index is 6.25. The summed E-state index contributed by atoms with van der Waals surface area (Å²) in [6.07, 6.45) is 0. The highest BCUT2D eigenvalue weighted by Crippen LogP contribution is 2.39. The first-order valence-electron chi connectivity index (χ1n) is 15.0. The minimum Gasteiger partial charge on any atom is -0.456 e. The van der Waals surface area contributed by atoms with E-state index in [4.69, 9.17) is 18.8 Å². The smallest absolute Gasteiger partial charge is 0.231 e. The molecule has 4 heterocycles. The predicted molar refractivity (Wildman–Crippen MR) is 182 cm³/mol. The van der Waals surface area contributed by atoms with Crippen LogP contribution in [0, 0.1) is 0 Å². The summed E-state index contributed by atoms with van der Waals surface area (Å²) in [6, 6.07) is 48.0. The van der Waals surface area contributed by atoms with Gasteiger partial charge in [-0.1, -0.05) is 84.9 Å².